The van der Waals surface area contributed by atoms with Crippen molar-refractivity contribution in [3.05, 3.63) is 29.6 Å². The highest BCUT2D eigenvalue weighted by Gasteiger charge is 2.34. The highest BCUT2D eigenvalue weighted by Crippen LogP contribution is 2.33. The van der Waals surface area contributed by atoms with Gasteiger partial charge < -0.3 is 10.1 Å². The van der Waals surface area contributed by atoms with Crippen molar-refractivity contribution in [2.75, 3.05) is 7.11 Å². The molecule has 1 aromatic rings. The Morgan fingerprint density at radius 2 is 2.05 bits per heavy atom. The molecule has 0 radical (unpaired) electrons. The van der Waals surface area contributed by atoms with Gasteiger partial charge in [0.25, 0.3) is 0 Å². The summed E-state index contributed by atoms with van der Waals surface area (Å²) in [4.78, 5) is 12.2. The first-order chi connectivity index (χ1) is 10.2. The van der Waals surface area contributed by atoms with Gasteiger partial charge in [0.1, 0.15) is 5.78 Å². The average Bonchev–Trinajstić information content (AvgIpc) is 2.80. The maximum absolute atomic E-state index is 14.1. The van der Waals surface area contributed by atoms with Crippen LogP contribution in [0, 0.1) is 11.7 Å². The molecule has 2 bridgehead atoms. The molecular weight excluding hydrogens is 269 g/mol. The number of piperidine rings is 1. The third kappa shape index (κ3) is 3.26. The van der Waals surface area contributed by atoms with Crippen LogP contribution in [-0.4, -0.2) is 25.0 Å². The summed E-state index contributed by atoms with van der Waals surface area (Å²) >= 11 is 0. The molecule has 2 heterocycles. The van der Waals surface area contributed by atoms with Crippen molar-refractivity contribution in [2.45, 2.75) is 50.6 Å². The third-order valence-electron chi connectivity index (χ3n) is 4.74. The Morgan fingerprint density at radius 1 is 1.33 bits per heavy atom. The van der Waals surface area contributed by atoms with E-state index in [9.17, 15) is 9.18 Å². The van der Waals surface area contributed by atoms with E-state index in [1.807, 2.05) is 0 Å². The Hall–Kier alpha value is -1.42. The second kappa shape index (κ2) is 6.14. The fourth-order valence-corrected chi connectivity index (χ4v) is 3.80. The van der Waals surface area contributed by atoms with E-state index in [1.54, 1.807) is 18.2 Å². The fourth-order valence-electron chi connectivity index (χ4n) is 3.80. The summed E-state index contributed by atoms with van der Waals surface area (Å²) in [6.45, 7) is 0. The molecule has 114 valence electrons. The summed E-state index contributed by atoms with van der Waals surface area (Å²) in [5, 5.41) is 3.58. The van der Waals surface area contributed by atoms with Gasteiger partial charge in [0.05, 0.1) is 7.11 Å². The number of benzene rings is 1. The molecule has 2 aliphatic heterocycles. The molecule has 2 unspecified atom stereocenters. The van der Waals surface area contributed by atoms with Gasteiger partial charge in [-0.1, -0.05) is 12.1 Å². The number of nitrogens with one attached hydrogen (secondary N) is 1. The summed E-state index contributed by atoms with van der Waals surface area (Å²) in [6, 6.07) is 6.16. The number of halogens is 1. The van der Waals surface area contributed by atoms with Crippen LogP contribution in [0.1, 0.15) is 37.7 Å². The number of methoxy groups -OCH3 is 1. The van der Waals surface area contributed by atoms with Crippen LogP contribution in [-0.2, 0) is 11.2 Å². The van der Waals surface area contributed by atoms with E-state index in [0.29, 0.717) is 30.0 Å². The van der Waals surface area contributed by atoms with Crippen molar-refractivity contribution in [2.24, 2.45) is 5.92 Å². The number of hydrogen-bond acceptors (Lipinski definition) is 3. The molecule has 2 saturated heterocycles. The van der Waals surface area contributed by atoms with Crippen molar-refractivity contribution in [1.82, 2.24) is 5.32 Å². The summed E-state index contributed by atoms with van der Waals surface area (Å²) in [5.74, 6) is 0.400. The Labute approximate surface area is 124 Å². The number of ketones is 1. The number of Topliss-reactive ketones (excluding diaryl/α,β-unsaturated/α-hetero) is 1. The molecule has 0 aliphatic carbocycles. The maximum Gasteiger partial charge on any atom is 0.168 e. The van der Waals surface area contributed by atoms with Gasteiger partial charge in [-0.2, -0.15) is 0 Å². The van der Waals surface area contributed by atoms with Crippen molar-refractivity contribution in [1.29, 1.82) is 0 Å². The first-order valence-electron chi connectivity index (χ1n) is 7.75. The minimum Gasteiger partial charge on any atom is -0.494 e. The lowest BCUT2D eigenvalue weighted by atomic mass is 9.87. The van der Waals surface area contributed by atoms with Crippen molar-refractivity contribution in [3.63, 3.8) is 0 Å². The number of ether oxygens (including phenoxy) is 1. The van der Waals surface area contributed by atoms with Crippen LogP contribution in [0.3, 0.4) is 0 Å². The van der Waals surface area contributed by atoms with E-state index in [-0.39, 0.29) is 18.0 Å². The largest absolute Gasteiger partial charge is 0.494 e. The Balaban J connectivity index is 1.59. The van der Waals surface area contributed by atoms with Crippen LogP contribution in [0.25, 0.3) is 0 Å². The molecule has 0 aromatic heterocycles. The van der Waals surface area contributed by atoms with E-state index in [0.717, 1.165) is 12.8 Å². The van der Waals surface area contributed by atoms with Gasteiger partial charge in [0, 0.05) is 24.9 Å². The van der Waals surface area contributed by atoms with Crippen LogP contribution in [0.2, 0.25) is 0 Å². The highest BCUT2D eigenvalue weighted by atomic mass is 19.1. The monoisotopic (exact) mass is 291 g/mol. The molecule has 2 fully saturated rings. The molecular formula is C17H22FNO2. The Bertz CT molecular complexity index is 520. The third-order valence-corrected chi connectivity index (χ3v) is 4.74. The maximum atomic E-state index is 14.1. The van der Waals surface area contributed by atoms with Crippen LogP contribution < -0.4 is 10.1 Å². The zero-order chi connectivity index (χ0) is 14.8. The molecule has 2 atom stereocenters. The number of carbonyl (C=O) groups is 1. The lowest BCUT2D eigenvalue weighted by Gasteiger charge is -2.28. The molecule has 0 saturated carbocycles. The highest BCUT2D eigenvalue weighted by molar-refractivity contribution is 5.81. The normalized spacial score (nSPS) is 27.6. The van der Waals surface area contributed by atoms with Crippen LogP contribution >= 0.6 is 0 Å². The molecule has 2 aliphatic rings. The van der Waals surface area contributed by atoms with Gasteiger partial charge in [0.15, 0.2) is 11.6 Å². The van der Waals surface area contributed by atoms with E-state index >= 15 is 0 Å². The zero-order valence-corrected chi connectivity index (χ0v) is 12.4. The SMILES string of the molecule is COc1cccc(CC(=O)CC2CC3CCC(C2)N3)c1F. The van der Waals surface area contributed by atoms with Gasteiger partial charge >= 0.3 is 0 Å². The van der Waals surface area contributed by atoms with Gasteiger partial charge in [-0.3, -0.25) is 4.79 Å². The first-order valence-corrected chi connectivity index (χ1v) is 7.75. The Morgan fingerprint density at radius 3 is 2.71 bits per heavy atom. The summed E-state index contributed by atoms with van der Waals surface area (Å²) in [6.07, 6.45) is 5.39. The number of rotatable bonds is 5. The Kier molecular flexibility index (Phi) is 4.24. The summed E-state index contributed by atoms with van der Waals surface area (Å²) in [7, 11) is 1.44. The fraction of sp³-hybridized carbons (Fsp3) is 0.588. The van der Waals surface area contributed by atoms with Crippen molar-refractivity contribution < 1.29 is 13.9 Å². The molecule has 0 spiro atoms. The van der Waals surface area contributed by atoms with Gasteiger partial charge in [-0.25, -0.2) is 4.39 Å². The van der Waals surface area contributed by atoms with Crippen molar-refractivity contribution in [3.8, 4) is 5.75 Å². The second-order valence-electron chi connectivity index (χ2n) is 6.33. The summed E-state index contributed by atoms with van der Waals surface area (Å²) < 4.78 is 19.0. The number of hydrogen-bond donors (Lipinski definition) is 1. The molecule has 1 N–H and O–H groups in total. The number of carbonyl (C=O) groups excluding carboxylic acids is 1. The minimum absolute atomic E-state index is 0.133. The van der Waals surface area contributed by atoms with E-state index < -0.39 is 5.82 Å². The molecule has 21 heavy (non-hydrogen) atoms. The first kappa shape index (κ1) is 14.5. The predicted octanol–water partition coefficient (Wildman–Crippen LogP) is 2.87. The quantitative estimate of drug-likeness (QED) is 0.906. The standard InChI is InChI=1S/C17H22FNO2/c1-21-16-4-2-3-12(17(16)18)10-15(20)9-11-7-13-5-6-14(8-11)19-13/h2-4,11,13-14,19H,5-10H2,1H3. The topological polar surface area (TPSA) is 38.3 Å². The average molecular weight is 291 g/mol. The lowest BCUT2D eigenvalue weighted by molar-refractivity contribution is -0.119. The van der Waals surface area contributed by atoms with Crippen LogP contribution in [0.5, 0.6) is 5.75 Å². The number of fused-ring (bicyclic) bond motifs is 2. The molecule has 4 heteroatoms. The van der Waals surface area contributed by atoms with Crippen molar-refractivity contribution >= 4 is 5.78 Å². The molecule has 0 amide bonds. The second-order valence-corrected chi connectivity index (χ2v) is 6.33. The lowest BCUT2D eigenvalue weighted by Crippen LogP contribution is -2.38. The summed E-state index contributed by atoms with van der Waals surface area (Å²) in [5.41, 5.74) is 0.441. The minimum atomic E-state index is -0.404. The zero-order valence-electron chi connectivity index (χ0n) is 12.4. The smallest absolute Gasteiger partial charge is 0.168 e. The molecule has 3 rings (SSSR count). The van der Waals surface area contributed by atoms with E-state index in [4.69, 9.17) is 4.74 Å². The van der Waals surface area contributed by atoms with Gasteiger partial charge in [-0.05, 0) is 43.2 Å². The van der Waals surface area contributed by atoms with Gasteiger partial charge in [-0.15, -0.1) is 0 Å². The predicted molar refractivity (Wildman–Crippen MR) is 78.9 cm³/mol. The van der Waals surface area contributed by atoms with Crippen LogP contribution in [0.15, 0.2) is 18.2 Å². The van der Waals surface area contributed by atoms with Gasteiger partial charge in [0.2, 0.25) is 0 Å². The van der Waals surface area contributed by atoms with E-state index in [2.05, 4.69) is 5.32 Å². The van der Waals surface area contributed by atoms with Crippen LogP contribution in [0.4, 0.5) is 4.39 Å². The molecule has 1 aromatic carbocycles. The van der Waals surface area contributed by atoms with E-state index in [1.165, 1.54) is 20.0 Å². The molecule has 3 nitrogen and oxygen atoms in total.